The lowest BCUT2D eigenvalue weighted by molar-refractivity contribution is -0.114. The number of carbonyl (C=O) groups is 2. The Hall–Kier alpha value is -4.46. The first-order valence-electron chi connectivity index (χ1n) is 10.3. The Bertz CT molecular complexity index is 1400. The predicted molar refractivity (Wildman–Crippen MR) is 127 cm³/mol. The average Bonchev–Trinajstić information content (AvgIpc) is 2.81. The molecule has 0 unspecified atom stereocenters. The van der Waals surface area contributed by atoms with Crippen LogP contribution in [0.4, 0.5) is 11.4 Å². The number of hydrogen-bond donors (Lipinski definition) is 2. The number of amides is 2. The number of nitrogens with zero attached hydrogens (tertiary/aromatic N) is 2. The zero-order chi connectivity index (χ0) is 23.4. The van der Waals surface area contributed by atoms with E-state index in [2.05, 4.69) is 15.7 Å². The third-order valence-electron chi connectivity index (χ3n) is 5.03. The Morgan fingerprint density at radius 1 is 0.939 bits per heavy atom. The number of aromatic nitrogens is 2. The van der Waals surface area contributed by atoms with Gasteiger partial charge in [0.05, 0.1) is 24.7 Å². The lowest BCUT2D eigenvalue weighted by atomic mass is 10.1. The van der Waals surface area contributed by atoms with E-state index in [9.17, 15) is 14.4 Å². The molecule has 8 nitrogen and oxygen atoms in total. The fraction of sp³-hybridized carbons (Fsp3) is 0.120. The molecule has 0 spiro atoms. The SMILES string of the molecule is COc1ccc(NC(=O)c2nn(Cc3ccccc3)c(=O)c3ccccc23)cc1NC(C)=O. The number of carbonyl (C=O) groups excluding carboxylic acids is 2. The minimum atomic E-state index is -0.480. The van der Waals surface area contributed by atoms with Crippen molar-refractivity contribution in [3.8, 4) is 5.75 Å². The van der Waals surface area contributed by atoms with Gasteiger partial charge in [0.15, 0.2) is 5.69 Å². The van der Waals surface area contributed by atoms with Crippen molar-refractivity contribution in [3.05, 3.63) is 94.4 Å². The first-order valence-corrected chi connectivity index (χ1v) is 10.3. The van der Waals surface area contributed by atoms with Gasteiger partial charge in [0.25, 0.3) is 11.5 Å². The maximum Gasteiger partial charge on any atom is 0.276 e. The molecule has 2 amide bonds. The van der Waals surface area contributed by atoms with Crippen LogP contribution < -0.4 is 20.9 Å². The third kappa shape index (κ3) is 4.74. The molecule has 0 fully saturated rings. The van der Waals surface area contributed by atoms with Crippen LogP contribution in [0.5, 0.6) is 5.75 Å². The highest BCUT2D eigenvalue weighted by Crippen LogP contribution is 2.28. The first kappa shape index (κ1) is 21.8. The van der Waals surface area contributed by atoms with Crippen LogP contribution in [-0.4, -0.2) is 28.7 Å². The van der Waals surface area contributed by atoms with E-state index < -0.39 is 5.91 Å². The molecule has 0 aliphatic heterocycles. The minimum Gasteiger partial charge on any atom is -0.495 e. The largest absolute Gasteiger partial charge is 0.495 e. The second-order valence-corrected chi connectivity index (χ2v) is 7.39. The van der Waals surface area contributed by atoms with Crippen LogP contribution >= 0.6 is 0 Å². The average molecular weight is 442 g/mol. The van der Waals surface area contributed by atoms with Gasteiger partial charge in [-0.15, -0.1) is 0 Å². The van der Waals surface area contributed by atoms with Gasteiger partial charge in [-0.1, -0.05) is 48.5 Å². The molecule has 1 aromatic heterocycles. The van der Waals surface area contributed by atoms with E-state index in [1.165, 1.54) is 18.7 Å². The Morgan fingerprint density at radius 3 is 2.33 bits per heavy atom. The summed E-state index contributed by atoms with van der Waals surface area (Å²) in [4.78, 5) is 37.7. The Morgan fingerprint density at radius 2 is 1.64 bits per heavy atom. The van der Waals surface area contributed by atoms with Crippen molar-refractivity contribution < 1.29 is 14.3 Å². The number of hydrogen-bond acceptors (Lipinski definition) is 5. The van der Waals surface area contributed by atoms with Crippen LogP contribution in [-0.2, 0) is 11.3 Å². The monoisotopic (exact) mass is 442 g/mol. The van der Waals surface area contributed by atoms with Crippen molar-refractivity contribution in [1.29, 1.82) is 0 Å². The minimum absolute atomic E-state index is 0.123. The summed E-state index contributed by atoms with van der Waals surface area (Å²) in [6, 6.07) is 21.2. The number of nitrogens with one attached hydrogen (secondary N) is 2. The summed E-state index contributed by atoms with van der Waals surface area (Å²) < 4.78 is 6.55. The van der Waals surface area contributed by atoms with Crippen molar-refractivity contribution in [2.45, 2.75) is 13.5 Å². The highest BCUT2D eigenvalue weighted by Gasteiger charge is 2.18. The first-order chi connectivity index (χ1) is 16.0. The number of rotatable bonds is 6. The van der Waals surface area contributed by atoms with Crippen LogP contribution in [0.1, 0.15) is 23.0 Å². The molecule has 166 valence electrons. The Labute approximate surface area is 189 Å². The van der Waals surface area contributed by atoms with Gasteiger partial charge < -0.3 is 15.4 Å². The van der Waals surface area contributed by atoms with Gasteiger partial charge >= 0.3 is 0 Å². The van der Waals surface area contributed by atoms with E-state index in [4.69, 9.17) is 4.74 Å². The quantitative estimate of drug-likeness (QED) is 0.474. The van der Waals surface area contributed by atoms with Crippen molar-refractivity contribution >= 4 is 34.0 Å². The summed E-state index contributed by atoms with van der Waals surface area (Å²) in [6.07, 6.45) is 0. The van der Waals surface area contributed by atoms with Crippen molar-refractivity contribution in [1.82, 2.24) is 9.78 Å². The van der Waals surface area contributed by atoms with E-state index in [0.717, 1.165) is 5.56 Å². The molecule has 0 aliphatic carbocycles. The molecular weight excluding hydrogens is 420 g/mol. The van der Waals surface area contributed by atoms with Gasteiger partial charge in [0.1, 0.15) is 5.75 Å². The predicted octanol–water partition coefficient (Wildman–Crippen LogP) is 3.66. The van der Waals surface area contributed by atoms with Crippen LogP contribution in [0.25, 0.3) is 10.8 Å². The van der Waals surface area contributed by atoms with E-state index in [1.807, 2.05) is 30.3 Å². The molecule has 3 aromatic carbocycles. The highest BCUT2D eigenvalue weighted by molar-refractivity contribution is 6.11. The second kappa shape index (κ2) is 9.35. The van der Waals surface area contributed by atoms with Crippen molar-refractivity contribution in [3.63, 3.8) is 0 Å². The van der Waals surface area contributed by atoms with E-state index in [-0.39, 0.29) is 23.7 Å². The summed E-state index contributed by atoms with van der Waals surface area (Å²) in [5, 5.41) is 10.7. The Balaban J connectivity index is 1.73. The number of benzene rings is 3. The van der Waals surface area contributed by atoms with E-state index in [0.29, 0.717) is 27.9 Å². The molecule has 33 heavy (non-hydrogen) atoms. The zero-order valence-electron chi connectivity index (χ0n) is 18.2. The summed E-state index contributed by atoms with van der Waals surface area (Å²) in [5.41, 5.74) is 1.61. The molecule has 8 heteroatoms. The van der Waals surface area contributed by atoms with Gasteiger partial charge in [0.2, 0.25) is 5.91 Å². The van der Waals surface area contributed by atoms with Crippen LogP contribution in [0.3, 0.4) is 0 Å². The number of anilines is 2. The third-order valence-corrected chi connectivity index (χ3v) is 5.03. The van der Waals surface area contributed by atoms with Gasteiger partial charge in [-0.25, -0.2) is 4.68 Å². The second-order valence-electron chi connectivity index (χ2n) is 7.39. The smallest absolute Gasteiger partial charge is 0.276 e. The van der Waals surface area contributed by atoms with Gasteiger partial charge in [0, 0.05) is 18.0 Å². The summed E-state index contributed by atoms with van der Waals surface area (Å²) in [7, 11) is 1.49. The topological polar surface area (TPSA) is 102 Å². The summed E-state index contributed by atoms with van der Waals surface area (Å²) >= 11 is 0. The van der Waals surface area contributed by atoms with Crippen LogP contribution in [0.15, 0.2) is 77.6 Å². The molecule has 1 heterocycles. The number of ether oxygens (including phenoxy) is 1. The van der Waals surface area contributed by atoms with E-state index >= 15 is 0 Å². The van der Waals surface area contributed by atoms with Crippen molar-refractivity contribution in [2.75, 3.05) is 17.7 Å². The number of methoxy groups -OCH3 is 1. The fourth-order valence-corrected chi connectivity index (χ4v) is 3.53. The molecule has 0 bridgehead atoms. The molecule has 2 N–H and O–H groups in total. The van der Waals surface area contributed by atoms with Crippen molar-refractivity contribution in [2.24, 2.45) is 0 Å². The van der Waals surface area contributed by atoms with Crippen LogP contribution in [0, 0.1) is 0 Å². The molecule has 0 aliphatic rings. The summed E-state index contributed by atoms with van der Waals surface area (Å²) in [6.45, 7) is 1.62. The maximum absolute atomic E-state index is 13.2. The molecule has 0 atom stereocenters. The molecule has 4 rings (SSSR count). The molecule has 4 aromatic rings. The lowest BCUT2D eigenvalue weighted by Gasteiger charge is -2.13. The Kier molecular flexibility index (Phi) is 6.17. The van der Waals surface area contributed by atoms with Gasteiger partial charge in [-0.2, -0.15) is 5.10 Å². The van der Waals surface area contributed by atoms with Gasteiger partial charge in [-0.05, 0) is 29.8 Å². The summed E-state index contributed by atoms with van der Waals surface area (Å²) in [5.74, 6) is -0.285. The molecular formula is C25H22N4O4. The normalized spacial score (nSPS) is 10.6. The van der Waals surface area contributed by atoms with Crippen LogP contribution in [0.2, 0.25) is 0 Å². The van der Waals surface area contributed by atoms with Gasteiger partial charge in [-0.3, -0.25) is 14.4 Å². The number of fused-ring (bicyclic) bond motifs is 1. The lowest BCUT2D eigenvalue weighted by Crippen LogP contribution is -2.28. The molecule has 0 radical (unpaired) electrons. The zero-order valence-corrected chi connectivity index (χ0v) is 18.2. The standard InChI is InChI=1S/C25H22N4O4/c1-16(30)26-21-14-18(12-13-22(21)33-2)27-24(31)23-19-10-6-7-11-20(19)25(32)29(28-23)15-17-8-4-3-5-9-17/h3-14H,15H2,1-2H3,(H,26,30)(H,27,31). The fourth-order valence-electron chi connectivity index (χ4n) is 3.53. The molecule has 0 saturated heterocycles. The molecule has 0 saturated carbocycles. The maximum atomic E-state index is 13.2. The highest BCUT2D eigenvalue weighted by atomic mass is 16.5. The van der Waals surface area contributed by atoms with E-state index in [1.54, 1.807) is 42.5 Å².